The third kappa shape index (κ3) is 3.63. The lowest BCUT2D eigenvalue weighted by atomic mass is 9.75. The highest BCUT2D eigenvalue weighted by Gasteiger charge is 2.28. The van der Waals surface area contributed by atoms with Gasteiger partial charge in [-0.2, -0.15) is 0 Å². The fraction of sp³-hybridized carbons (Fsp3) is 0.368. The van der Waals surface area contributed by atoms with Crippen molar-refractivity contribution < 1.29 is 4.39 Å². The molecule has 0 radical (unpaired) electrons. The first-order valence-electron chi connectivity index (χ1n) is 7.66. The zero-order chi connectivity index (χ0) is 15.3. The lowest BCUT2D eigenvalue weighted by Crippen LogP contribution is -2.33. The van der Waals surface area contributed by atoms with Gasteiger partial charge in [0.25, 0.3) is 0 Å². The average Bonchev–Trinajstić information content (AvgIpc) is 2.52. The Morgan fingerprint density at radius 2 is 1.48 bits per heavy atom. The first kappa shape index (κ1) is 15.6. The molecule has 2 aromatic rings. The number of halogens is 1. The van der Waals surface area contributed by atoms with Gasteiger partial charge in [-0.1, -0.05) is 43.7 Å². The molecule has 2 rings (SSSR count). The average molecular weight is 285 g/mol. The van der Waals surface area contributed by atoms with Gasteiger partial charge in [-0.25, -0.2) is 4.39 Å². The number of rotatable bonds is 6. The number of hydrogen-bond acceptors (Lipinski definition) is 1. The van der Waals surface area contributed by atoms with Crippen LogP contribution < -0.4 is 5.32 Å². The number of anilines is 1. The van der Waals surface area contributed by atoms with E-state index in [2.05, 4.69) is 50.4 Å². The summed E-state index contributed by atoms with van der Waals surface area (Å²) in [5, 5.41) is 3.46. The second kappa shape index (κ2) is 6.75. The van der Waals surface area contributed by atoms with Gasteiger partial charge >= 0.3 is 0 Å². The topological polar surface area (TPSA) is 12.0 Å². The first-order chi connectivity index (χ1) is 10.1. The van der Waals surface area contributed by atoms with Gasteiger partial charge in [-0.15, -0.1) is 0 Å². The molecule has 0 spiro atoms. The molecule has 0 atom stereocenters. The summed E-state index contributed by atoms with van der Waals surface area (Å²) in [5.74, 6) is -0.198. The minimum Gasteiger partial charge on any atom is -0.384 e. The van der Waals surface area contributed by atoms with Crippen LogP contribution in [-0.4, -0.2) is 6.54 Å². The van der Waals surface area contributed by atoms with Crippen LogP contribution in [0, 0.1) is 12.7 Å². The number of benzene rings is 2. The maximum Gasteiger partial charge on any atom is 0.123 e. The van der Waals surface area contributed by atoms with Crippen molar-refractivity contribution in [1.29, 1.82) is 0 Å². The molecule has 2 heteroatoms. The first-order valence-corrected chi connectivity index (χ1v) is 7.66. The van der Waals surface area contributed by atoms with Gasteiger partial charge in [0.05, 0.1) is 0 Å². The van der Waals surface area contributed by atoms with Gasteiger partial charge in [0, 0.05) is 17.6 Å². The third-order valence-electron chi connectivity index (χ3n) is 4.49. The van der Waals surface area contributed by atoms with Crippen LogP contribution in [0.3, 0.4) is 0 Å². The van der Waals surface area contributed by atoms with Crippen LogP contribution in [0.25, 0.3) is 0 Å². The van der Waals surface area contributed by atoms with E-state index >= 15 is 0 Å². The molecule has 0 heterocycles. The van der Waals surface area contributed by atoms with E-state index in [1.165, 1.54) is 23.3 Å². The van der Waals surface area contributed by atoms with Crippen molar-refractivity contribution in [3.05, 3.63) is 65.5 Å². The lowest BCUT2D eigenvalue weighted by Gasteiger charge is -2.33. The summed E-state index contributed by atoms with van der Waals surface area (Å²) in [7, 11) is 0. The molecule has 0 fully saturated rings. The maximum absolute atomic E-state index is 13.0. The van der Waals surface area contributed by atoms with Crippen LogP contribution in [0.5, 0.6) is 0 Å². The van der Waals surface area contributed by atoms with Gasteiger partial charge in [-0.05, 0) is 49.6 Å². The summed E-state index contributed by atoms with van der Waals surface area (Å²) in [5.41, 5.74) is 3.73. The Bertz CT molecular complexity index is 553. The number of hydrogen-bond donors (Lipinski definition) is 1. The summed E-state index contributed by atoms with van der Waals surface area (Å²) >= 11 is 0. The van der Waals surface area contributed by atoms with Gasteiger partial charge in [0.1, 0.15) is 5.82 Å². The molecule has 112 valence electrons. The largest absolute Gasteiger partial charge is 0.384 e. The standard InChI is InChI=1S/C19H24FN/c1-4-19(5-2,16-8-6-15(3)7-9-16)14-21-18-12-10-17(20)11-13-18/h6-13,21H,4-5,14H2,1-3H3. The third-order valence-corrected chi connectivity index (χ3v) is 4.49. The van der Waals surface area contributed by atoms with Crippen LogP contribution in [0.4, 0.5) is 10.1 Å². The predicted molar refractivity (Wildman–Crippen MR) is 88.3 cm³/mol. The molecule has 0 amide bonds. The van der Waals surface area contributed by atoms with Crippen molar-refractivity contribution in [2.24, 2.45) is 0 Å². The van der Waals surface area contributed by atoms with Crippen molar-refractivity contribution >= 4 is 5.69 Å². The van der Waals surface area contributed by atoms with E-state index < -0.39 is 0 Å². The van der Waals surface area contributed by atoms with Crippen molar-refractivity contribution in [3.8, 4) is 0 Å². The molecule has 0 bridgehead atoms. The normalized spacial score (nSPS) is 11.4. The van der Waals surface area contributed by atoms with E-state index in [9.17, 15) is 4.39 Å². The fourth-order valence-electron chi connectivity index (χ4n) is 2.76. The van der Waals surface area contributed by atoms with E-state index in [4.69, 9.17) is 0 Å². The SMILES string of the molecule is CCC(CC)(CNc1ccc(F)cc1)c1ccc(C)cc1. The molecular formula is C19H24FN. The van der Waals surface area contributed by atoms with Gasteiger partial charge < -0.3 is 5.32 Å². The summed E-state index contributed by atoms with van der Waals surface area (Å²) < 4.78 is 13.0. The highest BCUT2D eigenvalue weighted by Crippen LogP contribution is 2.32. The summed E-state index contributed by atoms with van der Waals surface area (Å²) in [6.07, 6.45) is 2.14. The maximum atomic E-state index is 13.0. The van der Waals surface area contributed by atoms with Crippen LogP contribution in [-0.2, 0) is 5.41 Å². The quantitative estimate of drug-likeness (QED) is 0.759. The van der Waals surface area contributed by atoms with E-state index in [0.29, 0.717) is 0 Å². The Morgan fingerprint density at radius 1 is 0.905 bits per heavy atom. The van der Waals surface area contributed by atoms with Crippen molar-refractivity contribution in [2.45, 2.75) is 39.0 Å². The monoisotopic (exact) mass is 285 g/mol. The molecule has 0 saturated carbocycles. The Kier molecular flexibility index (Phi) is 5.00. The Balaban J connectivity index is 2.17. The highest BCUT2D eigenvalue weighted by atomic mass is 19.1. The van der Waals surface area contributed by atoms with E-state index in [0.717, 1.165) is 25.1 Å². The van der Waals surface area contributed by atoms with E-state index in [1.807, 2.05) is 0 Å². The smallest absolute Gasteiger partial charge is 0.123 e. The van der Waals surface area contributed by atoms with E-state index in [1.54, 1.807) is 12.1 Å². The van der Waals surface area contributed by atoms with Gasteiger partial charge in [0.15, 0.2) is 0 Å². The second-order valence-electron chi connectivity index (χ2n) is 5.71. The minimum absolute atomic E-state index is 0.113. The lowest BCUT2D eigenvalue weighted by molar-refractivity contribution is 0.418. The van der Waals surface area contributed by atoms with Gasteiger partial charge in [-0.3, -0.25) is 0 Å². The van der Waals surface area contributed by atoms with Crippen molar-refractivity contribution in [2.75, 3.05) is 11.9 Å². The van der Waals surface area contributed by atoms with Crippen LogP contribution in [0.1, 0.15) is 37.8 Å². The molecule has 0 saturated heterocycles. The Hall–Kier alpha value is -1.83. The van der Waals surface area contributed by atoms with Crippen LogP contribution in [0.2, 0.25) is 0 Å². The molecule has 0 aromatic heterocycles. The van der Waals surface area contributed by atoms with Crippen molar-refractivity contribution in [1.82, 2.24) is 0 Å². The zero-order valence-electron chi connectivity index (χ0n) is 13.1. The summed E-state index contributed by atoms with van der Waals surface area (Å²) in [6.45, 7) is 7.43. The summed E-state index contributed by atoms with van der Waals surface area (Å²) in [6, 6.07) is 15.4. The molecular weight excluding hydrogens is 261 g/mol. The molecule has 0 aliphatic rings. The van der Waals surface area contributed by atoms with Crippen LogP contribution in [0.15, 0.2) is 48.5 Å². The Morgan fingerprint density at radius 3 is 2.00 bits per heavy atom. The number of nitrogens with one attached hydrogen (secondary N) is 1. The molecule has 21 heavy (non-hydrogen) atoms. The predicted octanol–water partition coefficient (Wildman–Crippen LogP) is 5.30. The molecule has 1 N–H and O–H groups in total. The fourth-order valence-corrected chi connectivity index (χ4v) is 2.76. The highest BCUT2D eigenvalue weighted by molar-refractivity contribution is 5.44. The summed E-state index contributed by atoms with van der Waals surface area (Å²) in [4.78, 5) is 0. The molecule has 1 nitrogen and oxygen atoms in total. The van der Waals surface area contributed by atoms with Gasteiger partial charge in [0.2, 0.25) is 0 Å². The van der Waals surface area contributed by atoms with Crippen LogP contribution >= 0.6 is 0 Å². The molecule has 0 unspecified atom stereocenters. The molecule has 0 aliphatic carbocycles. The van der Waals surface area contributed by atoms with E-state index in [-0.39, 0.29) is 11.2 Å². The molecule has 0 aliphatic heterocycles. The van der Waals surface area contributed by atoms with Crippen molar-refractivity contribution in [3.63, 3.8) is 0 Å². The molecule has 2 aromatic carbocycles. The number of aryl methyl sites for hydroxylation is 1. The minimum atomic E-state index is -0.198. The second-order valence-corrected chi connectivity index (χ2v) is 5.71. The zero-order valence-corrected chi connectivity index (χ0v) is 13.1. The Labute approximate surface area is 127 Å².